The van der Waals surface area contributed by atoms with E-state index >= 15 is 0 Å². The summed E-state index contributed by atoms with van der Waals surface area (Å²) in [7, 11) is 0. The maximum absolute atomic E-state index is 4.51. The summed E-state index contributed by atoms with van der Waals surface area (Å²) in [6, 6.07) is 4.26. The molecular formula is C16H20N2. The number of pyridine rings is 2. The molecule has 2 aromatic rings. The molecule has 0 aromatic carbocycles. The Labute approximate surface area is 109 Å². The van der Waals surface area contributed by atoms with Crippen LogP contribution in [-0.2, 0) is 12.8 Å². The van der Waals surface area contributed by atoms with Crippen LogP contribution in [0.4, 0.5) is 0 Å². The lowest BCUT2D eigenvalue weighted by atomic mass is 10.0. The highest BCUT2D eigenvalue weighted by Crippen LogP contribution is 2.20. The van der Waals surface area contributed by atoms with Gasteiger partial charge in [-0.05, 0) is 61.1 Å². The first kappa shape index (κ1) is 12.7. The average molecular weight is 240 g/mol. The van der Waals surface area contributed by atoms with Crippen molar-refractivity contribution in [3.8, 4) is 11.4 Å². The van der Waals surface area contributed by atoms with Gasteiger partial charge in [0.15, 0.2) is 0 Å². The van der Waals surface area contributed by atoms with Crippen LogP contribution in [0.1, 0.15) is 36.1 Å². The molecule has 0 aliphatic carbocycles. The Bertz CT molecular complexity index is 508. The Balaban J connectivity index is 2.42. The minimum Gasteiger partial charge on any atom is -0.254 e. The van der Waals surface area contributed by atoms with Crippen LogP contribution in [0.2, 0.25) is 0 Å². The van der Waals surface area contributed by atoms with E-state index in [0.29, 0.717) is 0 Å². The predicted octanol–water partition coefficient (Wildman–Crippen LogP) is 3.89. The van der Waals surface area contributed by atoms with Crippen LogP contribution < -0.4 is 0 Å². The van der Waals surface area contributed by atoms with E-state index in [9.17, 15) is 0 Å². The normalized spacial score (nSPS) is 10.7. The van der Waals surface area contributed by atoms with E-state index in [1.807, 2.05) is 12.4 Å². The lowest BCUT2D eigenvalue weighted by Crippen LogP contribution is -1.95. The van der Waals surface area contributed by atoms with Crippen molar-refractivity contribution in [1.82, 2.24) is 9.97 Å². The van der Waals surface area contributed by atoms with Crippen LogP contribution >= 0.6 is 0 Å². The highest BCUT2D eigenvalue weighted by Gasteiger charge is 2.06. The van der Waals surface area contributed by atoms with Crippen molar-refractivity contribution in [3.05, 3.63) is 46.8 Å². The average Bonchev–Trinajstić information content (AvgIpc) is 2.38. The van der Waals surface area contributed by atoms with Gasteiger partial charge in [-0.2, -0.15) is 0 Å². The van der Waals surface area contributed by atoms with Crippen LogP contribution in [0.3, 0.4) is 0 Å². The molecule has 0 saturated carbocycles. The second-order valence-corrected chi connectivity index (χ2v) is 4.70. The lowest BCUT2D eigenvalue weighted by Gasteiger charge is -2.08. The van der Waals surface area contributed by atoms with Crippen molar-refractivity contribution in [1.29, 1.82) is 0 Å². The van der Waals surface area contributed by atoms with Crippen LogP contribution in [-0.4, -0.2) is 9.97 Å². The van der Waals surface area contributed by atoms with Gasteiger partial charge in [0.05, 0.1) is 11.4 Å². The zero-order valence-corrected chi connectivity index (χ0v) is 11.6. The predicted molar refractivity (Wildman–Crippen MR) is 75.7 cm³/mol. The highest BCUT2D eigenvalue weighted by atomic mass is 14.8. The summed E-state index contributed by atoms with van der Waals surface area (Å²) < 4.78 is 0. The molecule has 2 heteroatoms. The molecule has 18 heavy (non-hydrogen) atoms. The van der Waals surface area contributed by atoms with Crippen molar-refractivity contribution in [2.45, 2.75) is 40.5 Å². The van der Waals surface area contributed by atoms with E-state index < -0.39 is 0 Å². The molecule has 2 rings (SSSR count). The second kappa shape index (κ2) is 5.30. The molecule has 2 heterocycles. The van der Waals surface area contributed by atoms with Crippen molar-refractivity contribution < 1.29 is 0 Å². The molecule has 0 radical (unpaired) electrons. The topological polar surface area (TPSA) is 25.8 Å². The molecule has 0 aliphatic rings. The van der Waals surface area contributed by atoms with Gasteiger partial charge in [0.2, 0.25) is 0 Å². The molecule has 0 unspecified atom stereocenters. The molecular weight excluding hydrogens is 220 g/mol. The Morgan fingerprint density at radius 1 is 0.778 bits per heavy atom. The molecule has 2 nitrogen and oxygen atoms in total. The fourth-order valence-corrected chi connectivity index (χ4v) is 2.19. The van der Waals surface area contributed by atoms with E-state index in [4.69, 9.17) is 0 Å². The molecule has 0 amide bonds. The molecule has 0 bridgehead atoms. The van der Waals surface area contributed by atoms with Crippen LogP contribution in [0.5, 0.6) is 0 Å². The van der Waals surface area contributed by atoms with Crippen LogP contribution in [0.15, 0.2) is 24.5 Å². The van der Waals surface area contributed by atoms with E-state index in [-0.39, 0.29) is 0 Å². The number of aromatic nitrogens is 2. The lowest BCUT2D eigenvalue weighted by molar-refractivity contribution is 1.05. The monoisotopic (exact) mass is 240 g/mol. The first-order valence-electron chi connectivity index (χ1n) is 6.57. The molecule has 0 fully saturated rings. The Morgan fingerprint density at radius 2 is 1.17 bits per heavy atom. The van der Waals surface area contributed by atoms with E-state index in [0.717, 1.165) is 24.2 Å². The van der Waals surface area contributed by atoms with Crippen molar-refractivity contribution in [2.75, 3.05) is 0 Å². The summed E-state index contributed by atoms with van der Waals surface area (Å²) >= 11 is 0. The van der Waals surface area contributed by atoms with Crippen molar-refractivity contribution >= 4 is 0 Å². The van der Waals surface area contributed by atoms with Gasteiger partial charge < -0.3 is 0 Å². The Morgan fingerprint density at radius 3 is 1.44 bits per heavy atom. The minimum atomic E-state index is 0.968. The third kappa shape index (κ3) is 2.42. The van der Waals surface area contributed by atoms with Gasteiger partial charge in [-0.3, -0.25) is 9.97 Å². The summed E-state index contributed by atoms with van der Waals surface area (Å²) in [4.78, 5) is 9.03. The second-order valence-electron chi connectivity index (χ2n) is 4.70. The summed E-state index contributed by atoms with van der Waals surface area (Å²) in [5.41, 5.74) is 7.13. The first-order chi connectivity index (χ1) is 8.65. The molecule has 0 spiro atoms. The van der Waals surface area contributed by atoms with E-state index in [1.165, 1.54) is 22.3 Å². The number of aryl methyl sites for hydroxylation is 4. The van der Waals surface area contributed by atoms with E-state index in [2.05, 4.69) is 49.8 Å². The Hall–Kier alpha value is -1.70. The maximum atomic E-state index is 4.51. The van der Waals surface area contributed by atoms with E-state index in [1.54, 1.807) is 0 Å². The van der Waals surface area contributed by atoms with Gasteiger partial charge in [-0.1, -0.05) is 13.8 Å². The first-order valence-corrected chi connectivity index (χ1v) is 6.57. The number of hydrogen-bond donors (Lipinski definition) is 0. The minimum absolute atomic E-state index is 0.968. The maximum Gasteiger partial charge on any atom is 0.0889 e. The third-order valence-corrected chi connectivity index (χ3v) is 3.46. The zero-order chi connectivity index (χ0) is 13.1. The largest absolute Gasteiger partial charge is 0.254 e. The molecule has 2 aromatic heterocycles. The van der Waals surface area contributed by atoms with Gasteiger partial charge in [0.25, 0.3) is 0 Å². The van der Waals surface area contributed by atoms with Gasteiger partial charge in [-0.25, -0.2) is 0 Å². The molecule has 0 saturated heterocycles. The third-order valence-electron chi connectivity index (χ3n) is 3.46. The molecule has 94 valence electrons. The van der Waals surface area contributed by atoms with Crippen LogP contribution in [0.25, 0.3) is 11.4 Å². The number of nitrogens with zero attached hydrogens (tertiary/aromatic N) is 2. The SMILES string of the molecule is CCc1cnc(-c2cc(C)c(CC)cn2)cc1C. The van der Waals surface area contributed by atoms with Crippen molar-refractivity contribution in [3.63, 3.8) is 0 Å². The van der Waals surface area contributed by atoms with Gasteiger partial charge in [-0.15, -0.1) is 0 Å². The van der Waals surface area contributed by atoms with Crippen molar-refractivity contribution in [2.24, 2.45) is 0 Å². The number of rotatable bonds is 3. The van der Waals surface area contributed by atoms with Gasteiger partial charge >= 0.3 is 0 Å². The fourth-order valence-electron chi connectivity index (χ4n) is 2.19. The summed E-state index contributed by atoms with van der Waals surface area (Å²) in [6.07, 6.45) is 5.99. The van der Waals surface area contributed by atoms with Crippen LogP contribution in [0, 0.1) is 13.8 Å². The highest BCUT2D eigenvalue weighted by molar-refractivity contribution is 5.57. The quantitative estimate of drug-likeness (QED) is 0.813. The Kier molecular flexibility index (Phi) is 3.75. The molecule has 0 atom stereocenters. The zero-order valence-electron chi connectivity index (χ0n) is 11.6. The van der Waals surface area contributed by atoms with Gasteiger partial charge in [0, 0.05) is 12.4 Å². The summed E-state index contributed by atoms with van der Waals surface area (Å²) in [5, 5.41) is 0. The smallest absolute Gasteiger partial charge is 0.0889 e. The fraction of sp³-hybridized carbons (Fsp3) is 0.375. The standard InChI is InChI=1S/C16H20N2/c1-5-13-9-17-15(7-11(13)3)16-8-12(4)14(6-2)10-18-16/h7-10H,5-6H2,1-4H3. The number of hydrogen-bond acceptors (Lipinski definition) is 2. The molecule has 0 N–H and O–H groups in total. The van der Waals surface area contributed by atoms with Gasteiger partial charge in [0.1, 0.15) is 0 Å². The molecule has 0 aliphatic heterocycles. The summed E-state index contributed by atoms with van der Waals surface area (Å²) in [6.45, 7) is 8.58. The summed E-state index contributed by atoms with van der Waals surface area (Å²) in [5.74, 6) is 0.